The Morgan fingerprint density at radius 3 is 2.15 bits per heavy atom. The van der Waals surface area contributed by atoms with Gasteiger partial charge in [-0.25, -0.2) is 0 Å². The summed E-state index contributed by atoms with van der Waals surface area (Å²) in [5, 5.41) is 0. The van der Waals surface area contributed by atoms with Crippen LogP contribution in [0.3, 0.4) is 0 Å². The van der Waals surface area contributed by atoms with Crippen LogP contribution in [0.15, 0.2) is 0 Å². The highest BCUT2D eigenvalue weighted by atomic mass is 16.6. The zero-order valence-corrected chi connectivity index (χ0v) is 8.16. The molecule has 4 nitrogen and oxygen atoms in total. The van der Waals surface area contributed by atoms with Crippen LogP contribution in [0.25, 0.3) is 0 Å². The summed E-state index contributed by atoms with van der Waals surface area (Å²) in [7, 11) is 0. The summed E-state index contributed by atoms with van der Waals surface area (Å²) in [6.45, 7) is 5.39. The van der Waals surface area contributed by atoms with Gasteiger partial charge in [-0.05, 0) is 27.2 Å². The highest BCUT2D eigenvalue weighted by molar-refractivity contribution is 5.89. The van der Waals surface area contributed by atoms with Crippen molar-refractivity contribution in [2.75, 3.05) is 0 Å². The summed E-state index contributed by atoms with van der Waals surface area (Å²) in [6, 6.07) is 0. The summed E-state index contributed by atoms with van der Waals surface area (Å²) in [5.74, 6) is -1.31. The number of hydrogen-bond acceptors (Lipinski definition) is 3. The molecule has 2 atom stereocenters. The fraction of sp³-hybridized carbons (Fsp3) is 0.778. The quantitative estimate of drug-likeness (QED) is 0.635. The number of esters is 1. The van der Waals surface area contributed by atoms with Gasteiger partial charge in [-0.15, -0.1) is 0 Å². The van der Waals surface area contributed by atoms with E-state index in [0.29, 0.717) is 6.42 Å². The lowest BCUT2D eigenvalue weighted by molar-refractivity contribution is -0.157. The summed E-state index contributed by atoms with van der Waals surface area (Å²) in [4.78, 5) is 22.0. The Kier molecular flexibility index (Phi) is 2.32. The molecule has 74 valence electrons. The molecule has 1 rings (SSSR count). The summed E-state index contributed by atoms with van der Waals surface area (Å²) < 4.78 is 5.10. The van der Waals surface area contributed by atoms with Crippen molar-refractivity contribution in [3.63, 3.8) is 0 Å². The Labute approximate surface area is 77.4 Å². The second kappa shape index (κ2) is 3.01. The lowest BCUT2D eigenvalue weighted by Crippen LogP contribution is -2.26. The van der Waals surface area contributed by atoms with E-state index in [4.69, 9.17) is 10.5 Å². The van der Waals surface area contributed by atoms with Gasteiger partial charge in [-0.2, -0.15) is 0 Å². The molecule has 0 spiro atoms. The van der Waals surface area contributed by atoms with Gasteiger partial charge in [0.25, 0.3) is 0 Å². The molecule has 1 amide bonds. The van der Waals surface area contributed by atoms with Gasteiger partial charge in [0, 0.05) is 0 Å². The number of carbonyl (C=O) groups excluding carboxylic acids is 2. The van der Waals surface area contributed by atoms with Crippen LogP contribution in [0, 0.1) is 11.8 Å². The van der Waals surface area contributed by atoms with Crippen LogP contribution in [-0.2, 0) is 14.3 Å². The molecule has 0 bridgehead atoms. The highest BCUT2D eigenvalue weighted by Gasteiger charge is 2.48. The number of carbonyl (C=O) groups is 2. The van der Waals surface area contributed by atoms with Gasteiger partial charge >= 0.3 is 5.97 Å². The first-order valence-electron chi connectivity index (χ1n) is 4.33. The van der Waals surface area contributed by atoms with Crippen LogP contribution >= 0.6 is 0 Å². The average molecular weight is 185 g/mol. The van der Waals surface area contributed by atoms with Crippen LogP contribution in [0.4, 0.5) is 0 Å². The molecule has 4 heteroatoms. The van der Waals surface area contributed by atoms with Crippen molar-refractivity contribution in [3.8, 4) is 0 Å². The Bertz CT molecular complexity index is 242. The van der Waals surface area contributed by atoms with Gasteiger partial charge < -0.3 is 10.5 Å². The minimum absolute atomic E-state index is 0.295. The number of primary amides is 1. The number of hydrogen-bond donors (Lipinski definition) is 1. The molecular weight excluding hydrogens is 170 g/mol. The van der Waals surface area contributed by atoms with Gasteiger partial charge in [-0.1, -0.05) is 0 Å². The van der Waals surface area contributed by atoms with E-state index >= 15 is 0 Å². The van der Waals surface area contributed by atoms with Crippen molar-refractivity contribution < 1.29 is 14.3 Å². The number of rotatable bonds is 2. The van der Waals surface area contributed by atoms with E-state index < -0.39 is 11.5 Å². The molecule has 0 heterocycles. The maximum atomic E-state index is 11.3. The van der Waals surface area contributed by atoms with Gasteiger partial charge in [0.15, 0.2) is 0 Å². The van der Waals surface area contributed by atoms with Crippen LogP contribution in [-0.4, -0.2) is 17.5 Å². The monoisotopic (exact) mass is 185 g/mol. The zero-order chi connectivity index (χ0) is 10.2. The van der Waals surface area contributed by atoms with Crippen LogP contribution in [0.5, 0.6) is 0 Å². The molecule has 0 aromatic rings. The van der Waals surface area contributed by atoms with E-state index in [1.165, 1.54) is 0 Å². The Hall–Kier alpha value is -1.06. The number of ether oxygens (including phenoxy) is 1. The third-order valence-corrected chi connectivity index (χ3v) is 1.87. The van der Waals surface area contributed by atoms with Gasteiger partial charge in [0.2, 0.25) is 5.91 Å². The maximum absolute atomic E-state index is 11.3. The van der Waals surface area contributed by atoms with E-state index in [2.05, 4.69) is 0 Å². The standard InChI is InChI=1S/C9H15NO3/c1-9(2,3)13-8(12)6-4-5(6)7(10)11/h5-6H,4H2,1-3H3,(H2,10,11)/t5-,6-/m1/s1. The van der Waals surface area contributed by atoms with Crippen molar-refractivity contribution in [1.82, 2.24) is 0 Å². The van der Waals surface area contributed by atoms with Crippen LogP contribution in [0.2, 0.25) is 0 Å². The van der Waals surface area contributed by atoms with Crippen LogP contribution < -0.4 is 5.73 Å². The SMILES string of the molecule is CC(C)(C)OC(=O)[C@@H]1C[C@H]1C(N)=O. The summed E-state index contributed by atoms with van der Waals surface area (Å²) >= 11 is 0. The maximum Gasteiger partial charge on any atom is 0.310 e. The third-order valence-electron chi connectivity index (χ3n) is 1.87. The van der Waals surface area contributed by atoms with Crippen molar-refractivity contribution in [1.29, 1.82) is 0 Å². The lowest BCUT2D eigenvalue weighted by atomic mass is 10.2. The van der Waals surface area contributed by atoms with Crippen LogP contribution in [0.1, 0.15) is 27.2 Å². The predicted octanol–water partition coefficient (Wildman–Crippen LogP) is 0.449. The topological polar surface area (TPSA) is 69.4 Å². The Morgan fingerprint density at radius 1 is 1.31 bits per heavy atom. The van der Waals surface area contributed by atoms with E-state index in [9.17, 15) is 9.59 Å². The Balaban J connectivity index is 2.40. The Morgan fingerprint density at radius 2 is 1.85 bits per heavy atom. The minimum atomic E-state index is -0.484. The molecule has 0 aliphatic heterocycles. The molecule has 1 fully saturated rings. The zero-order valence-electron chi connectivity index (χ0n) is 8.16. The molecule has 0 radical (unpaired) electrons. The van der Waals surface area contributed by atoms with Crippen molar-refractivity contribution in [2.45, 2.75) is 32.8 Å². The molecule has 0 aromatic carbocycles. The van der Waals surface area contributed by atoms with Gasteiger partial charge in [0.05, 0.1) is 11.8 Å². The summed E-state index contributed by atoms with van der Waals surface area (Å²) in [5.41, 5.74) is 4.56. The molecule has 1 aliphatic carbocycles. The molecule has 0 unspecified atom stereocenters. The smallest absolute Gasteiger partial charge is 0.310 e. The first kappa shape index (κ1) is 10.0. The van der Waals surface area contributed by atoms with Gasteiger partial charge in [-0.3, -0.25) is 9.59 Å². The van der Waals surface area contributed by atoms with E-state index in [1.807, 2.05) is 0 Å². The molecule has 2 N–H and O–H groups in total. The summed E-state index contributed by atoms with van der Waals surface area (Å²) in [6.07, 6.45) is 0.546. The van der Waals surface area contributed by atoms with E-state index in [1.54, 1.807) is 20.8 Å². The second-order valence-corrected chi connectivity index (χ2v) is 4.38. The average Bonchev–Trinajstić information content (AvgIpc) is 2.58. The second-order valence-electron chi connectivity index (χ2n) is 4.38. The fourth-order valence-electron chi connectivity index (χ4n) is 1.15. The predicted molar refractivity (Wildman–Crippen MR) is 46.6 cm³/mol. The van der Waals surface area contributed by atoms with E-state index in [0.717, 1.165) is 0 Å². The third kappa shape index (κ3) is 2.72. The van der Waals surface area contributed by atoms with Crippen molar-refractivity contribution in [2.24, 2.45) is 17.6 Å². The molecule has 1 aliphatic rings. The first-order valence-corrected chi connectivity index (χ1v) is 4.33. The number of amides is 1. The minimum Gasteiger partial charge on any atom is -0.460 e. The fourth-order valence-corrected chi connectivity index (χ4v) is 1.15. The molecule has 0 aromatic heterocycles. The van der Waals surface area contributed by atoms with Gasteiger partial charge in [0.1, 0.15) is 5.60 Å². The lowest BCUT2D eigenvalue weighted by Gasteiger charge is -2.19. The largest absolute Gasteiger partial charge is 0.460 e. The van der Waals surface area contributed by atoms with Crippen molar-refractivity contribution >= 4 is 11.9 Å². The number of nitrogens with two attached hydrogens (primary N) is 1. The van der Waals surface area contributed by atoms with E-state index in [-0.39, 0.29) is 17.8 Å². The molecule has 0 saturated heterocycles. The first-order chi connectivity index (χ1) is 5.81. The van der Waals surface area contributed by atoms with Crippen molar-refractivity contribution in [3.05, 3.63) is 0 Å². The molecule has 1 saturated carbocycles. The molecule has 13 heavy (non-hydrogen) atoms. The molecular formula is C9H15NO3. The highest BCUT2D eigenvalue weighted by Crippen LogP contribution is 2.39. The normalized spacial score (nSPS) is 26.7.